The Morgan fingerprint density at radius 1 is 1.35 bits per heavy atom. The lowest BCUT2D eigenvalue weighted by Gasteiger charge is -2.05. The molecule has 0 aliphatic rings. The van der Waals surface area contributed by atoms with Gasteiger partial charge in [0.2, 0.25) is 0 Å². The van der Waals surface area contributed by atoms with Crippen molar-refractivity contribution in [3.8, 4) is 11.3 Å². The molecule has 17 heavy (non-hydrogen) atoms. The summed E-state index contributed by atoms with van der Waals surface area (Å²) in [7, 11) is 0. The summed E-state index contributed by atoms with van der Waals surface area (Å²) in [5, 5.41) is 8.90. The van der Waals surface area contributed by atoms with Gasteiger partial charge < -0.3 is 5.11 Å². The van der Waals surface area contributed by atoms with Crippen LogP contribution in [0.5, 0.6) is 0 Å². The molecule has 4 nitrogen and oxygen atoms in total. The van der Waals surface area contributed by atoms with Gasteiger partial charge in [-0.05, 0) is 24.3 Å². The first kappa shape index (κ1) is 11.1. The standard InChI is InChI=1S/C12H8FNO3/c13-10-6-8(3-4-9(10)7-15)11-2-1-5-14(11)12(16)17/h1-7H,(H,16,17). The van der Waals surface area contributed by atoms with Crippen molar-refractivity contribution >= 4 is 12.4 Å². The Labute approximate surface area is 95.9 Å². The molecule has 1 heterocycles. The average Bonchev–Trinajstić information content (AvgIpc) is 2.77. The second-order valence-corrected chi connectivity index (χ2v) is 3.40. The molecule has 0 bridgehead atoms. The van der Waals surface area contributed by atoms with Crippen LogP contribution in [0.1, 0.15) is 10.4 Å². The predicted molar refractivity (Wildman–Crippen MR) is 58.6 cm³/mol. The molecule has 0 radical (unpaired) electrons. The molecular weight excluding hydrogens is 225 g/mol. The van der Waals surface area contributed by atoms with Gasteiger partial charge in [0, 0.05) is 11.8 Å². The van der Waals surface area contributed by atoms with Crippen LogP contribution < -0.4 is 0 Å². The van der Waals surface area contributed by atoms with E-state index in [2.05, 4.69) is 0 Å². The Morgan fingerprint density at radius 2 is 2.12 bits per heavy atom. The van der Waals surface area contributed by atoms with Crippen LogP contribution in [0.15, 0.2) is 36.5 Å². The van der Waals surface area contributed by atoms with Crippen molar-refractivity contribution in [2.24, 2.45) is 0 Å². The number of rotatable bonds is 2. The Morgan fingerprint density at radius 3 is 2.71 bits per heavy atom. The molecule has 0 amide bonds. The highest BCUT2D eigenvalue weighted by molar-refractivity contribution is 5.80. The summed E-state index contributed by atoms with van der Waals surface area (Å²) in [4.78, 5) is 21.3. The van der Waals surface area contributed by atoms with Crippen LogP contribution in [0.2, 0.25) is 0 Å². The Balaban J connectivity index is 2.53. The number of carbonyl (C=O) groups excluding carboxylic acids is 1. The summed E-state index contributed by atoms with van der Waals surface area (Å²) >= 11 is 0. The summed E-state index contributed by atoms with van der Waals surface area (Å²) in [6.45, 7) is 0. The van der Waals surface area contributed by atoms with Crippen molar-refractivity contribution in [1.29, 1.82) is 0 Å². The van der Waals surface area contributed by atoms with Gasteiger partial charge in [0.25, 0.3) is 0 Å². The van der Waals surface area contributed by atoms with Crippen molar-refractivity contribution < 1.29 is 19.1 Å². The van der Waals surface area contributed by atoms with Crippen LogP contribution in [-0.2, 0) is 0 Å². The van der Waals surface area contributed by atoms with E-state index in [1.54, 1.807) is 12.1 Å². The van der Waals surface area contributed by atoms with Crippen molar-refractivity contribution in [3.05, 3.63) is 47.9 Å². The van der Waals surface area contributed by atoms with E-state index in [4.69, 9.17) is 5.11 Å². The third-order valence-electron chi connectivity index (χ3n) is 2.38. The number of halogens is 1. The van der Waals surface area contributed by atoms with E-state index in [0.29, 0.717) is 17.5 Å². The predicted octanol–water partition coefficient (Wildman–Crippen LogP) is 2.63. The van der Waals surface area contributed by atoms with Gasteiger partial charge in [-0.1, -0.05) is 6.07 Å². The maximum absolute atomic E-state index is 13.4. The molecule has 0 saturated heterocycles. The molecule has 2 aromatic rings. The maximum Gasteiger partial charge on any atom is 0.415 e. The van der Waals surface area contributed by atoms with Gasteiger partial charge in [-0.25, -0.2) is 9.18 Å². The number of carboxylic acid groups (broad SMARTS) is 1. The van der Waals surface area contributed by atoms with Gasteiger partial charge in [-0.3, -0.25) is 9.36 Å². The van der Waals surface area contributed by atoms with Gasteiger partial charge in [-0.15, -0.1) is 0 Å². The molecule has 1 aromatic carbocycles. The second-order valence-electron chi connectivity index (χ2n) is 3.40. The zero-order valence-corrected chi connectivity index (χ0v) is 8.63. The number of aldehydes is 1. The molecular formula is C12H8FNO3. The fourth-order valence-electron chi connectivity index (χ4n) is 1.56. The lowest BCUT2D eigenvalue weighted by Crippen LogP contribution is -2.07. The summed E-state index contributed by atoms with van der Waals surface area (Å²) < 4.78 is 14.4. The molecule has 86 valence electrons. The van der Waals surface area contributed by atoms with Gasteiger partial charge in [-0.2, -0.15) is 0 Å². The minimum absolute atomic E-state index is 0.0535. The number of carbonyl (C=O) groups is 2. The number of hydrogen-bond donors (Lipinski definition) is 1. The molecule has 1 N–H and O–H groups in total. The largest absolute Gasteiger partial charge is 0.464 e. The van der Waals surface area contributed by atoms with E-state index in [-0.39, 0.29) is 5.56 Å². The lowest BCUT2D eigenvalue weighted by atomic mass is 10.1. The highest BCUT2D eigenvalue weighted by Crippen LogP contribution is 2.22. The molecule has 0 fully saturated rings. The van der Waals surface area contributed by atoms with Crippen molar-refractivity contribution in [1.82, 2.24) is 4.57 Å². The summed E-state index contributed by atoms with van der Waals surface area (Å²) in [6, 6.07) is 7.06. The number of benzene rings is 1. The zero-order chi connectivity index (χ0) is 12.4. The smallest absolute Gasteiger partial charge is 0.415 e. The van der Waals surface area contributed by atoms with Crippen molar-refractivity contribution in [2.75, 3.05) is 0 Å². The van der Waals surface area contributed by atoms with E-state index in [0.717, 1.165) is 10.6 Å². The van der Waals surface area contributed by atoms with E-state index >= 15 is 0 Å². The molecule has 5 heteroatoms. The Hall–Kier alpha value is -2.43. The van der Waals surface area contributed by atoms with E-state index in [1.165, 1.54) is 18.3 Å². The van der Waals surface area contributed by atoms with Crippen LogP contribution in [0.3, 0.4) is 0 Å². The molecule has 0 aliphatic heterocycles. The fourth-order valence-corrected chi connectivity index (χ4v) is 1.56. The lowest BCUT2D eigenvalue weighted by molar-refractivity contribution is 0.111. The van der Waals surface area contributed by atoms with Gasteiger partial charge in [0.1, 0.15) is 5.82 Å². The van der Waals surface area contributed by atoms with Crippen molar-refractivity contribution in [3.63, 3.8) is 0 Å². The highest BCUT2D eigenvalue weighted by atomic mass is 19.1. The minimum atomic E-state index is -1.15. The number of nitrogens with zero attached hydrogens (tertiary/aromatic N) is 1. The quantitative estimate of drug-likeness (QED) is 0.811. The monoisotopic (exact) mass is 233 g/mol. The zero-order valence-electron chi connectivity index (χ0n) is 8.63. The third kappa shape index (κ3) is 1.94. The molecule has 1 aromatic heterocycles. The first-order valence-corrected chi connectivity index (χ1v) is 4.79. The fraction of sp³-hybridized carbons (Fsp3) is 0. The Kier molecular flexibility index (Phi) is 2.74. The second kappa shape index (κ2) is 4.21. The van der Waals surface area contributed by atoms with Crippen LogP contribution in [0.4, 0.5) is 9.18 Å². The summed E-state index contributed by atoms with van der Waals surface area (Å²) in [5.41, 5.74) is 0.705. The average molecular weight is 233 g/mol. The van der Waals surface area contributed by atoms with E-state index in [1.807, 2.05) is 0 Å². The molecule has 0 spiro atoms. The SMILES string of the molecule is O=Cc1ccc(-c2cccn2C(=O)O)cc1F. The van der Waals surface area contributed by atoms with Gasteiger partial charge >= 0.3 is 6.09 Å². The van der Waals surface area contributed by atoms with E-state index < -0.39 is 11.9 Å². The van der Waals surface area contributed by atoms with E-state index in [9.17, 15) is 14.0 Å². The van der Waals surface area contributed by atoms with Crippen LogP contribution >= 0.6 is 0 Å². The van der Waals surface area contributed by atoms with Gasteiger partial charge in [0.15, 0.2) is 6.29 Å². The highest BCUT2D eigenvalue weighted by Gasteiger charge is 2.11. The van der Waals surface area contributed by atoms with Gasteiger partial charge in [0.05, 0.1) is 11.3 Å². The van der Waals surface area contributed by atoms with Crippen molar-refractivity contribution in [2.45, 2.75) is 0 Å². The number of aromatic nitrogens is 1. The van der Waals surface area contributed by atoms with Crippen LogP contribution in [-0.4, -0.2) is 22.1 Å². The topological polar surface area (TPSA) is 59.3 Å². The van der Waals surface area contributed by atoms with Crippen LogP contribution in [0.25, 0.3) is 11.3 Å². The molecule has 0 aliphatic carbocycles. The molecule has 0 unspecified atom stereocenters. The Bertz CT molecular complexity index is 589. The molecule has 0 saturated carbocycles. The summed E-state index contributed by atoms with van der Waals surface area (Å²) in [6.07, 6.45) is 0.628. The number of hydrogen-bond acceptors (Lipinski definition) is 2. The maximum atomic E-state index is 13.4. The molecule has 0 atom stereocenters. The summed E-state index contributed by atoms with van der Waals surface area (Å²) in [5.74, 6) is -0.671. The normalized spacial score (nSPS) is 10.2. The first-order valence-electron chi connectivity index (χ1n) is 4.79. The van der Waals surface area contributed by atoms with Crippen LogP contribution in [0, 0.1) is 5.82 Å². The minimum Gasteiger partial charge on any atom is -0.464 e. The molecule has 2 rings (SSSR count). The third-order valence-corrected chi connectivity index (χ3v) is 2.38. The first-order chi connectivity index (χ1) is 8.13.